The summed E-state index contributed by atoms with van der Waals surface area (Å²) in [6.07, 6.45) is 2.86. The normalized spacial score (nSPS) is 12.8. The SMILES string of the molecule is CCC(C=O)Cc1ccc(Br)s1. The molecule has 1 unspecified atom stereocenters. The van der Waals surface area contributed by atoms with Crippen LogP contribution >= 0.6 is 27.3 Å². The van der Waals surface area contributed by atoms with Gasteiger partial charge in [0.1, 0.15) is 6.29 Å². The smallest absolute Gasteiger partial charge is 0.123 e. The molecule has 1 aromatic rings. The molecule has 66 valence electrons. The number of rotatable bonds is 4. The second-order valence-corrected chi connectivity index (χ2v) is 5.26. The van der Waals surface area contributed by atoms with Gasteiger partial charge in [0.2, 0.25) is 0 Å². The maximum atomic E-state index is 10.5. The van der Waals surface area contributed by atoms with Crippen molar-refractivity contribution in [2.24, 2.45) is 5.92 Å². The molecular weight excluding hydrogens is 236 g/mol. The van der Waals surface area contributed by atoms with Crippen LogP contribution in [0.25, 0.3) is 0 Å². The third-order valence-corrected chi connectivity index (χ3v) is 3.46. The first-order valence-corrected chi connectivity index (χ1v) is 5.56. The van der Waals surface area contributed by atoms with E-state index in [1.54, 1.807) is 11.3 Å². The van der Waals surface area contributed by atoms with Gasteiger partial charge in [0.25, 0.3) is 0 Å². The zero-order valence-corrected chi connectivity index (χ0v) is 9.32. The average Bonchev–Trinajstić information content (AvgIpc) is 2.47. The molecule has 3 heteroatoms. The highest BCUT2D eigenvalue weighted by Crippen LogP contribution is 2.24. The Hall–Kier alpha value is -0.150. The van der Waals surface area contributed by atoms with Gasteiger partial charge in [-0.05, 0) is 40.9 Å². The van der Waals surface area contributed by atoms with E-state index in [0.29, 0.717) is 0 Å². The van der Waals surface area contributed by atoms with Crippen LogP contribution in [0.1, 0.15) is 18.2 Å². The Labute approximate surface area is 84.9 Å². The van der Waals surface area contributed by atoms with Gasteiger partial charge in [0.05, 0.1) is 3.79 Å². The first-order chi connectivity index (χ1) is 5.76. The second kappa shape index (κ2) is 4.77. The summed E-state index contributed by atoms with van der Waals surface area (Å²) in [7, 11) is 0. The average molecular weight is 247 g/mol. The van der Waals surface area contributed by atoms with Gasteiger partial charge in [-0.15, -0.1) is 11.3 Å². The lowest BCUT2D eigenvalue weighted by molar-refractivity contribution is -0.111. The molecule has 0 saturated carbocycles. The summed E-state index contributed by atoms with van der Waals surface area (Å²) in [6.45, 7) is 2.04. The van der Waals surface area contributed by atoms with Crippen molar-refractivity contribution in [2.45, 2.75) is 19.8 Å². The maximum Gasteiger partial charge on any atom is 0.123 e. The molecule has 0 aliphatic carbocycles. The zero-order chi connectivity index (χ0) is 8.97. The Morgan fingerprint density at radius 3 is 2.83 bits per heavy atom. The van der Waals surface area contributed by atoms with E-state index in [4.69, 9.17) is 0 Å². The summed E-state index contributed by atoms with van der Waals surface area (Å²) in [4.78, 5) is 11.8. The van der Waals surface area contributed by atoms with Crippen LogP contribution in [0.15, 0.2) is 15.9 Å². The highest BCUT2D eigenvalue weighted by molar-refractivity contribution is 9.11. The van der Waals surface area contributed by atoms with Crippen LogP contribution in [0.4, 0.5) is 0 Å². The van der Waals surface area contributed by atoms with Crippen molar-refractivity contribution in [1.82, 2.24) is 0 Å². The molecule has 0 aromatic carbocycles. The second-order valence-electron chi connectivity index (χ2n) is 2.71. The topological polar surface area (TPSA) is 17.1 Å². The molecular formula is C9H11BrOS. The summed E-state index contributed by atoms with van der Waals surface area (Å²) in [5.41, 5.74) is 0. The number of thiophene rings is 1. The largest absolute Gasteiger partial charge is 0.303 e. The predicted molar refractivity (Wildman–Crippen MR) is 55.6 cm³/mol. The van der Waals surface area contributed by atoms with Crippen LogP contribution in [0.3, 0.4) is 0 Å². The minimum Gasteiger partial charge on any atom is -0.303 e. The van der Waals surface area contributed by atoms with Gasteiger partial charge in [-0.1, -0.05) is 6.92 Å². The Balaban J connectivity index is 2.56. The van der Waals surface area contributed by atoms with Gasteiger partial charge >= 0.3 is 0 Å². The third-order valence-electron chi connectivity index (χ3n) is 1.81. The first-order valence-electron chi connectivity index (χ1n) is 3.95. The van der Waals surface area contributed by atoms with E-state index in [1.807, 2.05) is 13.0 Å². The molecule has 0 bridgehead atoms. The zero-order valence-electron chi connectivity index (χ0n) is 6.92. The lowest BCUT2D eigenvalue weighted by Gasteiger charge is -2.03. The highest BCUT2D eigenvalue weighted by atomic mass is 79.9. The number of halogens is 1. The Kier molecular flexibility index (Phi) is 3.95. The third kappa shape index (κ3) is 2.72. The quantitative estimate of drug-likeness (QED) is 0.746. The van der Waals surface area contributed by atoms with Crippen molar-refractivity contribution in [3.63, 3.8) is 0 Å². The van der Waals surface area contributed by atoms with E-state index in [2.05, 4.69) is 22.0 Å². The lowest BCUT2D eigenvalue weighted by Crippen LogP contribution is -2.02. The van der Waals surface area contributed by atoms with Crippen molar-refractivity contribution in [3.8, 4) is 0 Å². The minimum atomic E-state index is 0.190. The van der Waals surface area contributed by atoms with E-state index in [-0.39, 0.29) is 5.92 Å². The molecule has 1 aromatic heterocycles. The molecule has 12 heavy (non-hydrogen) atoms. The fourth-order valence-corrected chi connectivity index (χ4v) is 2.58. The molecule has 0 aliphatic heterocycles. The lowest BCUT2D eigenvalue weighted by atomic mass is 10.0. The molecule has 1 atom stereocenters. The minimum absolute atomic E-state index is 0.190. The fourth-order valence-electron chi connectivity index (χ4n) is 1.01. The van der Waals surface area contributed by atoms with Crippen molar-refractivity contribution in [2.75, 3.05) is 0 Å². The van der Waals surface area contributed by atoms with E-state index in [0.717, 1.165) is 22.9 Å². The number of hydrogen-bond acceptors (Lipinski definition) is 2. The number of carbonyl (C=O) groups excluding carboxylic acids is 1. The van der Waals surface area contributed by atoms with Crippen molar-refractivity contribution in [3.05, 3.63) is 20.8 Å². The van der Waals surface area contributed by atoms with Crippen LogP contribution in [0, 0.1) is 5.92 Å². The van der Waals surface area contributed by atoms with Crippen LogP contribution < -0.4 is 0 Å². The summed E-state index contributed by atoms with van der Waals surface area (Å²) >= 11 is 5.10. The monoisotopic (exact) mass is 246 g/mol. The van der Waals surface area contributed by atoms with Crippen LogP contribution in [0.5, 0.6) is 0 Å². The van der Waals surface area contributed by atoms with Crippen LogP contribution in [0.2, 0.25) is 0 Å². The van der Waals surface area contributed by atoms with Gasteiger partial charge in [-0.2, -0.15) is 0 Å². The van der Waals surface area contributed by atoms with Crippen molar-refractivity contribution < 1.29 is 4.79 Å². The molecule has 0 radical (unpaired) electrons. The van der Waals surface area contributed by atoms with Gasteiger partial charge in [0.15, 0.2) is 0 Å². The highest BCUT2D eigenvalue weighted by Gasteiger charge is 2.06. The molecule has 0 spiro atoms. The fraction of sp³-hybridized carbons (Fsp3) is 0.444. The van der Waals surface area contributed by atoms with Crippen molar-refractivity contribution in [1.29, 1.82) is 0 Å². The van der Waals surface area contributed by atoms with E-state index in [9.17, 15) is 4.79 Å². The van der Waals surface area contributed by atoms with Gasteiger partial charge in [-0.3, -0.25) is 0 Å². The standard InChI is InChI=1S/C9H11BrOS/c1-2-7(6-11)5-8-3-4-9(10)12-8/h3-4,6-7H,2,5H2,1H3. The van der Waals surface area contributed by atoms with E-state index in [1.165, 1.54) is 4.88 Å². The number of carbonyl (C=O) groups is 1. The summed E-state index contributed by atoms with van der Waals surface area (Å²) in [6, 6.07) is 4.10. The molecule has 1 nitrogen and oxygen atoms in total. The van der Waals surface area contributed by atoms with Crippen molar-refractivity contribution >= 4 is 33.6 Å². The Bertz CT molecular complexity index is 257. The summed E-state index contributed by atoms with van der Waals surface area (Å²) < 4.78 is 1.14. The maximum absolute atomic E-state index is 10.5. The van der Waals surface area contributed by atoms with E-state index < -0.39 is 0 Å². The summed E-state index contributed by atoms with van der Waals surface area (Å²) in [5.74, 6) is 0.190. The van der Waals surface area contributed by atoms with Crippen LogP contribution in [-0.4, -0.2) is 6.29 Å². The molecule has 0 saturated heterocycles. The Morgan fingerprint density at radius 1 is 1.67 bits per heavy atom. The van der Waals surface area contributed by atoms with Gasteiger partial charge in [0, 0.05) is 10.8 Å². The number of hydrogen-bond donors (Lipinski definition) is 0. The molecule has 1 heterocycles. The van der Waals surface area contributed by atoms with Gasteiger partial charge < -0.3 is 4.79 Å². The van der Waals surface area contributed by atoms with E-state index >= 15 is 0 Å². The molecule has 0 fully saturated rings. The van der Waals surface area contributed by atoms with Gasteiger partial charge in [-0.25, -0.2) is 0 Å². The first kappa shape index (κ1) is 9.93. The summed E-state index contributed by atoms with van der Waals surface area (Å²) in [5, 5.41) is 0. The predicted octanol–water partition coefficient (Wildman–Crippen LogP) is 3.28. The molecule has 0 aliphatic rings. The molecule has 0 N–H and O–H groups in total. The molecule has 0 amide bonds. The molecule has 1 rings (SSSR count). The number of aldehydes is 1. The Morgan fingerprint density at radius 2 is 2.42 bits per heavy atom. The van der Waals surface area contributed by atoms with Crippen LogP contribution in [-0.2, 0) is 11.2 Å².